The second kappa shape index (κ2) is 5.53. The number of hydrogen-bond donors (Lipinski definition) is 2. The van der Waals surface area contributed by atoms with Gasteiger partial charge in [-0.25, -0.2) is 0 Å². The van der Waals surface area contributed by atoms with Crippen LogP contribution in [-0.4, -0.2) is 38.7 Å². The van der Waals surface area contributed by atoms with Crippen LogP contribution in [0.2, 0.25) is 0 Å². The van der Waals surface area contributed by atoms with Crippen molar-refractivity contribution in [2.45, 2.75) is 20.0 Å². The summed E-state index contributed by atoms with van der Waals surface area (Å²) in [5.74, 6) is 0.869. The molecule has 21 heavy (non-hydrogen) atoms. The van der Waals surface area contributed by atoms with Crippen LogP contribution >= 0.6 is 0 Å². The van der Waals surface area contributed by atoms with E-state index >= 15 is 0 Å². The molecule has 7 heteroatoms. The first kappa shape index (κ1) is 13.6. The summed E-state index contributed by atoms with van der Waals surface area (Å²) in [6, 6.07) is 5.46. The summed E-state index contributed by atoms with van der Waals surface area (Å²) in [5.41, 5.74) is 8.16. The molecule has 1 aromatic carbocycles. The Hall–Kier alpha value is -2.41. The van der Waals surface area contributed by atoms with Gasteiger partial charge in [-0.05, 0) is 30.7 Å². The second-order valence-electron chi connectivity index (χ2n) is 5.27. The van der Waals surface area contributed by atoms with E-state index in [9.17, 15) is 4.79 Å². The van der Waals surface area contributed by atoms with Crippen LogP contribution in [0.1, 0.15) is 11.4 Å². The maximum Gasteiger partial charge on any atom is 0.238 e. The van der Waals surface area contributed by atoms with E-state index in [1.165, 1.54) is 0 Å². The van der Waals surface area contributed by atoms with Crippen molar-refractivity contribution in [2.24, 2.45) is 0 Å². The number of aryl methyl sites for hydroxylation is 1. The number of nitrogens with zero attached hydrogens (tertiary/aromatic N) is 4. The molecule has 3 rings (SSSR count). The van der Waals surface area contributed by atoms with Gasteiger partial charge in [-0.1, -0.05) is 0 Å². The van der Waals surface area contributed by atoms with Gasteiger partial charge < -0.3 is 15.6 Å². The van der Waals surface area contributed by atoms with E-state index in [1.54, 1.807) is 12.4 Å². The smallest absolute Gasteiger partial charge is 0.238 e. The average Bonchev–Trinajstić information content (AvgIpc) is 2.89. The van der Waals surface area contributed by atoms with E-state index in [4.69, 9.17) is 5.73 Å². The van der Waals surface area contributed by atoms with Crippen molar-refractivity contribution in [2.75, 3.05) is 24.1 Å². The lowest BCUT2D eigenvalue weighted by molar-refractivity contribution is -0.117. The van der Waals surface area contributed by atoms with Gasteiger partial charge in [0.2, 0.25) is 5.91 Å². The zero-order valence-corrected chi connectivity index (χ0v) is 11.9. The molecule has 1 aliphatic heterocycles. The Morgan fingerprint density at radius 1 is 1.43 bits per heavy atom. The zero-order chi connectivity index (χ0) is 14.8. The predicted octanol–water partition coefficient (Wildman–Crippen LogP) is 0.623. The molecule has 110 valence electrons. The number of aromatic nitrogens is 3. The van der Waals surface area contributed by atoms with Crippen molar-refractivity contribution < 1.29 is 4.79 Å². The summed E-state index contributed by atoms with van der Waals surface area (Å²) in [7, 11) is 0. The van der Waals surface area contributed by atoms with Crippen molar-refractivity contribution in [3.63, 3.8) is 0 Å². The molecule has 1 aromatic heterocycles. The standard InChI is InChI=1S/C14H18N6O/c1-10-6-11(15)2-3-12(10)17-14(21)8-19-4-5-20-9-16-18-13(20)7-19/h2-3,6,9H,4-5,7-8,15H2,1H3,(H,17,21). The molecule has 0 bridgehead atoms. The van der Waals surface area contributed by atoms with Gasteiger partial charge in [-0.2, -0.15) is 0 Å². The van der Waals surface area contributed by atoms with Gasteiger partial charge in [0.25, 0.3) is 0 Å². The molecule has 0 atom stereocenters. The molecule has 7 nitrogen and oxygen atoms in total. The number of benzene rings is 1. The Bertz CT molecular complexity index is 665. The van der Waals surface area contributed by atoms with Crippen LogP contribution in [0.15, 0.2) is 24.5 Å². The molecule has 3 N–H and O–H groups in total. The first-order valence-corrected chi connectivity index (χ1v) is 6.87. The van der Waals surface area contributed by atoms with E-state index in [0.29, 0.717) is 18.8 Å². The number of carbonyl (C=O) groups excluding carboxylic acids is 1. The Morgan fingerprint density at radius 3 is 3.10 bits per heavy atom. The summed E-state index contributed by atoms with van der Waals surface area (Å²) < 4.78 is 2.01. The van der Waals surface area contributed by atoms with Crippen molar-refractivity contribution in [3.8, 4) is 0 Å². The molecule has 0 saturated heterocycles. The highest BCUT2D eigenvalue weighted by atomic mass is 16.2. The molecule has 2 heterocycles. The number of amides is 1. The number of nitrogen functional groups attached to an aromatic ring is 1. The van der Waals surface area contributed by atoms with Gasteiger partial charge in [-0.15, -0.1) is 10.2 Å². The van der Waals surface area contributed by atoms with Gasteiger partial charge in [0, 0.05) is 24.5 Å². The number of rotatable bonds is 3. The zero-order valence-electron chi connectivity index (χ0n) is 11.9. The second-order valence-corrected chi connectivity index (χ2v) is 5.27. The fraction of sp³-hybridized carbons (Fsp3) is 0.357. The molecule has 1 aliphatic rings. The minimum Gasteiger partial charge on any atom is -0.399 e. The third kappa shape index (κ3) is 3.03. The maximum atomic E-state index is 12.1. The molecular weight excluding hydrogens is 268 g/mol. The van der Waals surface area contributed by atoms with Gasteiger partial charge in [0.05, 0.1) is 13.1 Å². The first-order valence-electron chi connectivity index (χ1n) is 6.87. The maximum absolute atomic E-state index is 12.1. The van der Waals surface area contributed by atoms with Gasteiger partial charge in [0.15, 0.2) is 0 Å². The average molecular weight is 286 g/mol. The fourth-order valence-corrected chi connectivity index (χ4v) is 2.47. The Balaban J connectivity index is 1.60. The van der Waals surface area contributed by atoms with Crippen LogP contribution < -0.4 is 11.1 Å². The number of fused-ring (bicyclic) bond motifs is 1. The van der Waals surface area contributed by atoms with E-state index in [0.717, 1.165) is 30.2 Å². The predicted molar refractivity (Wildman–Crippen MR) is 79.5 cm³/mol. The summed E-state index contributed by atoms with van der Waals surface area (Å²) >= 11 is 0. The number of anilines is 2. The Labute approximate surface area is 122 Å². The molecule has 0 spiro atoms. The molecular formula is C14H18N6O. The number of nitrogens with two attached hydrogens (primary N) is 1. The summed E-state index contributed by atoms with van der Waals surface area (Å²) in [5, 5.41) is 10.9. The van der Waals surface area contributed by atoms with Crippen molar-refractivity contribution in [1.29, 1.82) is 0 Å². The highest BCUT2D eigenvalue weighted by molar-refractivity contribution is 5.93. The number of nitrogens with one attached hydrogen (secondary N) is 1. The van der Waals surface area contributed by atoms with Crippen LogP contribution in [0.5, 0.6) is 0 Å². The number of carbonyl (C=O) groups is 1. The summed E-state index contributed by atoms with van der Waals surface area (Å²) in [4.78, 5) is 14.2. The molecule has 1 amide bonds. The van der Waals surface area contributed by atoms with Crippen LogP contribution in [0.25, 0.3) is 0 Å². The lowest BCUT2D eigenvalue weighted by Gasteiger charge is -2.26. The number of hydrogen-bond acceptors (Lipinski definition) is 5. The lowest BCUT2D eigenvalue weighted by atomic mass is 10.2. The quantitative estimate of drug-likeness (QED) is 0.808. The molecule has 2 aromatic rings. The summed E-state index contributed by atoms with van der Waals surface area (Å²) in [6.45, 7) is 4.55. The van der Waals surface area contributed by atoms with Crippen LogP contribution in [0.4, 0.5) is 11.4 Å². The van der Waals surface area contributed by atoms with Crippen LogP contribution in [-0.2, 0) is 17.9 Å². The molecule has 0 aliphatic carbocycles. The van der Waals surface area contributed by atoms with E-state index < -0.39 is 0 Å². The monoisotopic (exact) mass is 286 g/mol. The first-order chi connectivity index (χ1) is 10.1. The molecule has 0 saturated carbocycles. The normalized spacial score (nSPS) is 14.7. The topological polar surface area (TPSA) is 89.1 Å². The van der Waals surface area contributed by atoms with E-state index in [2.05, 4.69) is 20.4 Å². The minimum absolute atomic E-state index is 0.0316. The van der Waals surface area contributed by atoms with Crippen molar-refractivity contribution in [3.05, 3.63) is 35.9 Å². The van der Waals surface area contributed by atoms with Gasteiger partial charge >= 0.3 is 0 Å². The molecule has 0 fully saturated rings. The van der Waals surface area contributed by atoms with Crippen molar-refractivity contribution >= 4 is 17.3 Å². The highest BCUT2D eigenvalue weighted by Crippen LogP contribution is 2.17. The van der Waals surface area contributed by atoms with E-state index in [-0.39, 0.29) is 5.91 Å². The SMILES string of the molecule is Cc1cc(N)ccc1NC(=O)CN1CCn2cnnc2C1. The molecule has 0 unspecified atom stereocenters. The van der Waals surface area contributed by atoms with Crippen molar-refractivity contribution in [1.82, 2.24) is 19.7 Å². The Morgan fingerprint density at radius 2 is 2.29 bits per heavy atom. The largest absolute Gasteiger partial charge is 0.399 e. The fourth-order valence-electron chi connectivity index (χ4n) is 2.47. The van der Waals surface area contributed by atoms with Gasteiger partial charge in [0.1, 0.15) is 12.2 Å². The summed E-state index contributed by atoms with van der Waals surface area (Å²) in [6.07, 6.45) is 1.73. The highest BCUT2D eigenvalue weighted by Gasteiger charge is 2.19. The van der Waals surface area contributed by atoms with Crippen LogP contribution in [0.3, 0.4) is 0 Å². The minimum atomic E-state index is -0.0316. The third-order valence-electron chi connectivity index (χ3n) is 3.61. The Kier molecular flexibility index (Phi) is 3.57. The lowest BCUT2D eigenvalue weighted by Crippen LogP contribution is -2.39. The van der Waals surface area contributed by atoms with E-state index in [1.807, 2.05) is 23.6 Å². The van der Waals surface area contributed by atoms with Crippen LogP contribution in [0, 0.1) is 6.92 Å². The molecule has 0 radical (unpaired) electrons. The third-order valence-corrected chi connectivity index (χ3v) is 3.61. The van der Waals surface area contributed by atoms with Gasteiger partial charge in [-0.3, -0.25) is 9.69 Å².